The first-order chi connectivity index (χ1) is 13.4. The molecule has 2 heterocycles. The molecule has 0 aliphatic heterocycles. The lowest BCUT2D eigenvalue weighted by Crippen LogP contribution is -2.26. The number of benzene rings is 1. The van der Waals surface area contributed by atoms with Gasteiger partial charge in [-0.05, 0) is 42.7 Å². The van der Waals surface area contributed by atoms with Crippen LogP contribution in [0.2, 0.25) is 0 Å². The van der Waals surface area contributed by atoms with Gasteiger partial charge in [-0.2, -0.15) is 10.1 Å². The van der Waals surface area contributed by atoms with E-state index in [0.29, 0.717) is 23.7 Å². The zero-order valence-corrected chi connectivity index (χ0v) is 15.6. The maximum atomic E-state index is 13.1. The summed E-state index contributed by atoms with van der Waals surface area (Å²) in [5.41, 5.74) is 0.793. The molecule has 2 aromatic heterocycles. The Bertz CT molecular complexity index is 1010. The van der Waals surface area contributed by atoms with Gasteiger partial charge in [0.2, 0.25) is 0 Å². The van der Waals surface area contributed by atoms with Gasteiger partial charge in [0.1, 0.15) is 12.4 Å². The van der Waals surface area contributed by atoms with Crippen LogP contribution in [0, 0.1) is 11.7 Å². The lowest BCUT2D eigenvalue weighted by atomic mass is 10.1. The number of halogens is 1. The largest absolute Gasteiger partial charge is 0.348 e. The fraction of sp³-hybridized carbons (Fsp3) is 0.316. The number of hydrogen-bond acceptors (Lipinski definition) is 6. The Morgan fingerprint density at radius 3 is 2.68 bits per heavy atom. The highest BCUT2D eigenvalue weighted by atomic mass is 19.1. The summed E-state index contributed by atoms with van der Waals surface area (Å²) in [7, 11) is 0. The van der Waals surface area contributed by atoms with Crippen molar-refractivity contribution < 1.29 is 13.7 Å². The Labute approximate surface area is 160 Å². The second kappa shape index (κ2) is 8.55. The van der Waals surface area contributed by atoms with Gasteiger partial charge >= 0.3 is 11.8 Å². The zero-order valence-electron chi connectivity index (χ0n) is 15.6. The molecule has 8 nitrogen and oxygen atoms in total. The van der Waals surface area contributed by atoms with E-state index in [1.165, 1.54) is 18.2 Å². The van der Waals surface area contributed by atoms with Crippen LogP contribution in [0.1, 0.15) is 36.8 Å². The monoisotopic (exact) mass is 385 g/mol. The third-order valence-corrected chi connectivity index (χ3v) is 3.97. The normalized spacial score (nSPS) is 11.0. The number of aromatic nitrogens is 4. The predicted molar refractivity (Wildman–Crippen MR) is 99.1 cm³/mol. The van der Waals surface area contributed by atoms with Crippen LogP contribution >= 0.6 is 0 Å². The molecule has 0 saturated carbocycles. The topological polar surface area (TPSA) is 103 Å². The average Bonchev–Trinajstić information content (AvgIpc) is 3.12. The van der Waals surface area contributed by atoms with Gasteiger partial charge in [-0.3, -0.25) is 9.59 Å². The maximum absolute atomic E-state index is 13.1. The molecular formula is C19H20FN5O3. The van der Waals surface area contributed by atoms with E-state index in [-0.39, 0.29) is 29.6 Å². The van der Waals surface area contributed by atoms with Gasteiger partial charge in [-0.1, -0.05) is 19.0 Å². The van der Waals surface area contributed by atoms with Crippen molar-refractivity contribution in [1.29, 1.82) is 0 Å². The van der Waals surface area contributed by atoms with Gasteiger partial charge in [0.15, 0.2) is 5.82 Å². The Kier molecular flexibility index (Phi) is 5.93. The van der Waals surface area contributed by atoms with Gasteiger partial charge < -0.3 is 9.84 Å². The molecule has 0 bridgehead atoms. The summed E-state index contributed by atoms with van der Waals surface area (Å²) in [5, 5.41) is 10.7. The highest BCUT2D eigenvalue weighted by Gasteiger charge is 2.16. The smallest absolute Gasteiger partial charge is 0.316 e. The third-order valence-electron chi connectivity index (χ3n) is 3.97. The highest BCUT2D eigenvalue weighted by molar-refractivity contribution is 5.89. The second-order valence-corrected chi connectivity index (χ2v) is 6.68. The van der Waals surface area contributed by atoms with E-state index in [1.54, 1.807) is 18.2 Å². The SMILES string of the molecule is CC(C)CCNC(=O)c1nc(Cn2nc(-c3ccc(F)cc3)ccc2=O)no1. The van der Waals surface area contributed by atoms with Crippen molar-refractivity contribution in [2.24, 2.45) is 5.92 Å². The predicted octanol–water partition coefficient (Wildman–Crippen LogP) is 2.26. The summed E-state index contributed by atoms with van der Waals surface area (Å²) >= 11 is 0. The van der Waals surface area contributed by atoms with E-state index in [4.69, 9.17) is 4.52 Å². The number of nitrogens with zero attached hydrogens (tertiary/aromatic N) is 4. The molecule has 146 valence electrons. The fourth-order valence-corrected chi connectivity index (χ4v) is 2.43. The summed E-state index contributed by atoms with van der Waals surface area (Å²) in [6.07, 6.45) is 0.836. The minimum atomic E-state index is -0.459. The number of carbonyl (C=O) groups excluding carboxylic acids is 1. The maximum Gasteiger partial charge on any atom is 0.316 e. The molecule has 9 heteroatoms. The van der Waals surface area contributed by atoms with Crippen LogP contribution in [0.3, 0.4) is 0 Å². The molecule has 0 fully saturated rings. The number of carbonyl (C=O) groups is 1. The van der Waals surface area contributed by atoms with Crippen LogP contribution < -0.4 is 10.9 Å². The van der Waals surface area contributed by atoms with Gasteiger partial charge in [0.25, 0.3) is 5.56 Å². The minimum Gasteiger partial charge on any atom is -0.348 e. The van der Waals surface area contributed by atoms with Gasteiger partial charge in [0, 0.05) is 18.2 Å². The minimum absolute atomic E-state index is 0.0589. The Morgan fingerprint density at radius 2 is 1.96 bits per heavy atom. The Hall–Kier alpha value is -3.36. The van der Waals surface area contributed by atoms with Gasteiger partial charge in [-0.25, -0.2) is 9.07 Å². The molecule has 0 aliphatic rings. The molecule has 0 radical (unpaired) electrons. The number of rotatable bonds is 7. The first-order valence-corrected chi connectivity index (χ1v) is 8.87. The second-order valence-electron chi connectivity index (χ2n) is 6.68. The summed E-state index contributed by atoms with van der Waals surface area (Å²) < 4.78 is 19.2. The Morgan fingerprint density at radius 1 is 1.21 bits per heavy atom. The first-order valence-electron chi connectivity index (χ1n) is 8.87. The van der Waals surface area contributed by atoms with E-state index in [0.717, 1.165) is 11.1 Å². The van der Waals surface area contributed by atoms with Crippen molar-refractivity contribution in [3.05, 3.63) is 64.3 Å². The summed E-state index contributed by atoms with van der Waals surface area (Å²) in [6, 6.07) is 8.67. The fourth-order valence-electron chi connectivity index (χ4n) is 2.43. The van der Waals surface area contributed by atoms with E-state index < -0.39 is 5.91 Å². The van der Waals surface area contributed by atoms with E-state index in [9.17, 15) is 14.0 Å². The molecule has 0 saturated heterocycles. The number of amides is 1. The van der Waals surface area contributed by atoms with E-state index >= 15 is 0 Å². The van der Waals surface area contributed by atoms with Crippen molar-refractivity contribution in [3.8, 4) is 11.3 Å². The molecule has 28 heavy (non-hydrogen) atoms. The quantitative estimate of drug-likeness (QED) is 0.669. The zero-order chi connectivity index (χ0) is 20.1. The van der Waals surface area contributed by atoms with Crippen molar-refractivity contribution in [2.45, 2.75) is 26.8 Å². The van der Waals surface area contributed by atoms with Gasteiger partial charge in [0.05, 0.1) is 5.69 Å². The van der Waals surface area contributed by atoms with Crippen molar-refractivity contribution in [2.75, 3.05) is 6.54 Å². The van der Waals surface area contributed by atoms with Crippen molar-refractivity contribution >= 4 is 5.91 Å². The van der Waals surface area contributed by atoms with Crippen molar-refractivity contribution in [1.82, 2.24) is 25.2 Å². The van der Waals surface area contributed by atoms with E-state index in [2.05, 4.69) is 34.4 Å². The van der Waals surface area contributed by atoms with Crippen LogP contribution in [0.5, 0.6) is 0 Å². The summed E-state index contributed by atoms with van der Waals surface area (Å²) in [5.74, 6) is -0.367. The van der Waals surface area contributed by atoms with Crippen LogP contribution in [0.25, 0.3) is 11.3 Å². The van der Waals surface area contributed by atoms with E-state index in [1.807, 2.05) is 0 Å². The first kappa shape index (κ1) is 19.4. The average molecular weight is 385 g/mol. The molecule has 1 aromatic carbocycles. The molecular weight excluding hydrogens is 365 g/mol. The van der Waals surface area contributed by atoms with Crippen LogP contribution in [-0.2, 0) is 6.54 Å². The molecule has 3 aromatic rings. The molecule has 0 atom stereocenters. The lowest BCUT2D eigenvalue weighted by molar-refractivity contribution is 0.0908. The number of nitrogens with one attached hydrogen (secondary N) is 1. The Balaban J connectivity index is 1.73. The van der Waals surface area contributed by atoms with Crippen molar-refractivity contribution in [3.63, 3.8) is 0 Å². The summed E-state index contributed by atoms with van der Waals surface area (Å²) in [4.78, 5) is 28.1. The highest BCUT2D eigenvalue weighted by Crippen LogP contribution is 2.15. The lowest BCUT2D eigenvalue weighted by Gasteiger charge is -2.05. The molecule has 1 amide bonds. The van der Waals surface area contributed by atoms with Gasteiger partial charge in [-0.15, -0.1) is 0 Å². The molecule has 3 rings (SSSR count). The molecule has 0 aliphatic carbocycles. The third kappa shape index (κ3) is 4.87. The summed E-state index contributed by atoms with van der Waals surface area (Å²) in [6.45, 7) is 4.56. The van der Waals surface area contributed by atoms with Crippen LogP contribution in [0.15, 0.2) is 45.7 Å². The number of hydrogen-bond donors (Lipinski definition) is 1. The standard InChI is InChI=1S/C19H20FN5O3/c1-12(2)9-10-21-18(27)19-22-16(24-28-19)11-25-17(26)8-7-15(23-25)13-3-5-14(20)6-4-13/h3-8,12H,9-11H2,1-2H3,(H,21,27). The molecule has 1 N–H and O–H groups in total. The van der Waals surface area contributed by atoms with Crippen LogP contribution in [-0.4, -0.2) is 32.4 Å². The van der Waals surface area contributed by atoms with Crippen LogP contribution in [0.4, 0.5) is 4.39 Å². The molecule has 0 unspecified atom stereocenters. The molecule has 0 spiro atoms.